The van der Waals surface area contributed by atoms with E-state index in [1.165, 1.54) is 29.7 Å². The molecule has 2 heterocycles. The van der Waals surface area contributed by atoms with E-state index in [1.807, 2.05) is 4.90 Å². The van der Waals surface area contributed by atoms with Gasteiger partial charge < -0.3 is 15.5 Å². The molecule has 0 unspecified atom stereocenters. The maximum absolute atomic E-state index is 11.3. The molecule has 1 fully saturated rings. The average Bonchev–Trinajstić information content (AvgIpc) is 2.53. The molecule has 0 atom stereocenters. The summed E-state index contributed by atoms with van der Waals surface area (Å²) < 4.78 is 0. The number of aryl methyl sites for hydroxylation is 1. The summed E-state index contributed by atoms with van der Waals surface area (Å²) in [4.78, 5) is 13.3. The molecule has 2 aliphatic heterocycles. The van der Waals surface area contributed by atoms with Crippen LogP contribution >= 0.6 is 0 Å². The molecule has 21 heavy (non-hydrogen) atoms. The number of anilines is 1. The molecule has 0 bridgehead atoms. The molecule has 3 rings (SSSR count). The largest absolute Gasteiger partial charge is 0.385 e. The second kappa shape index (κ2) is 6.48. The summed E-state index contributed by atoms with van der Waals surface area (Å²) in [5.74, 6) is 0.203. The zero-order valence-corrected chi connectivity index (χ0v) is 12.8. The first kappa shape index (κ1) is 14.4. The van der Waals surface area contributed by atoms with Crippen molar-refractivity contribution in [1.82, 2.24) is 10.2 Å². The first-order valence-corrected chi connectivity index (χ1v) is 8.07. The lowest BCUT2D eigenvalue weighted by Crippen LogP contribution is -2.44. The highest BCUT2D eigenvalue weighted by atomic mass is 16.2. The van der Waals surface area contributed by atoms with Crippen molar-refractivity contribution in [1.29, 1.82) is 0 Å². The van der Waals surface area contributed by atoms with Crippen LogP contribution in [0.5, 0.6) is 0 Å². The Kier molecular flexibility index (Phi) is 4.44. The molecule has 0 radical (unpaired) electrons. The predicted molar refractivity (Wildman–Crippen MR) is 85.4 cm³/mol. The fraction of sp³-hybridized carbons (Fsp3) is 0.588. The van der Waals surface area contributed by atoms with E-state index in [0.717, 1.165) is 39.0 Å². The zero-order chi connectivity index (χ0) is 14.7. The Labute approximate surface area is 126 Å². The summed E-state index contributed by atoms with van der Waals surface area (Å²) in [5.41, 5.74) is 4.17. The number of carbonyl (C=O) groups is 1. The topological polar surface area (TPSA) is 44.4 Å². The number of nitrogens with one attached hydrogen (secondary N) is 2. The van der Waals surface area contributed by atoms with Gasteiger partial charge in [-0.25, -0.2) is 0 Å². The minimum Gasteiger partial charge on any atom is -0.385 e. The van der Waals surface area contributed by atoms with Crippen LogP contribution in [0, 0.1) is 0 Å². The van der Waals surface area contributed by atoms with Gasteiger partial charge in [-0.3, -0.25) is 4.79 Å². The van der Waals surface area contributed by atoms with E-state index in [1.54, 1.807) is 6.92 Å². The Morgan fingerprint density at radius 2 is 2.19 bits per heavy atom. The Morgan fingerprint density at radius 1 is 1.38 bits per heavy atom. The summed E-state index contributed by atoms with van der Waals surface area (Å²) in [6.07, 6.45) is 4.53. The summed E-state index contributed by atoms with van der Waals surface area (Å²) in [6.45, 7) is 5.44. The average molecular weight is 287 g/mol. The molecule has 1 aromatic rings. The highest BCUT2D eigenvalue weighted by Crippen LogP contribution is 2.26. The molecule has 0 aliphatic carbocycles. The van der Waals surface area contributed by atoms with Gasteiger partial charge in [0.15, 0.2) is 0 Å². The quantitative estimate of drug-likeness (QED) is 0.895. The van der Waals surface area contributed by atoms with Gasteiger partial charge in [-0.1, -0.05) is 18.2 Å². The number of piperidine rings is 1. The highest BCUT2D eigenvalue weighted by molar-refractivity contribution is 5.73. The van der Waals surface area contributed by atoms with Gasteiger partial charge >= 0.3 is 0 Å². The predicted octanol–water partition coefficient (Wildman–Crippen LogP) is 2.15. The Bertz CT molecular complexity index is 507. The van der Waals surface area contributed by atoms with Crippen molar-refractivity contribution in [2.24, 2.45) is 0 Å². The van der Waals surface area contributed by atoms with Gasteiger partial charge in [0.2, 0.25) is 5.91 Å². The Hall–Kier alpha value is -1.55. The number of para-hydroxylation sites is 1. The van der Waals surface area contributed by atoms with Gasteiger partial charge in [-0.2, -0.15) is 0 Å². The molecule has 0 spiro atoms. The normalized spacial score (nSPS) is 19.0. The number of nitrogens with zero attached hydrogens (tertiary/aromatic N) is 1. The highest BCUT2D eigenvalue weighted by Gasteiger charge is 2.20. The van der Waals surface area contributed by atoms with Gasteiger partial charge in [0.25, 0.3) is 0 Å². The van der Waals surface area contributed by atoms with Gasteiger partial charge in [-0.05, 0) is 36.8 Å². The molecule has 114 valence electrons. The van der Waals surface area contributed by atoms with Crippen molar-refractivity contribution < 1.29 is 4.79 Å². The lowest BCUT2D eigenvalue weighted by Gasteiger charge is -2.32. The van der Waals surface area contributed by atoms with Crippen molar-refractivity contribution in [3.05, 3.63) is 29.3 Å². The number of likely N-dealkylation sites (tertiary alicyclic amines) is 1. The minimum absolute atomic E-state index is 0.203. The van der Waals surface area contributed by atoms with Gasteiger partial charge in [-0.15, -0.1) is 0 Å². The number of hydrogen-bond acceptors (Lipinski definition) is 3. The summed E-state index contributed by atoms with van der Waals surface area (Å²) in [6, 6.07) is 7.15. The molecule has 2 aliphatic rings. The number of fused-ring (bicyclic) bond motifs is 1. The first-order valence-electron chi connectivity index (χ1n) is 8.07. The van der Waals surface area contributed by atoms with E-state index in [4.69, 9.17) is 0 Å². The molecule has 2 N–H and O–H groups in total. The maximum atomic E-state index is 11.3. The van der Waals surface area contributed by atoms with Gasteiger partial charge in [0, 0.05) is 44.8 Å². The molecule has 1 saturated heterocycles. The SMILES string of the molecule is CC(=O)N1CCC(NCc2cccc3c2NCCC3)CC1. The van der Waals surface area contributed by atoms with E-state index in [9.17, 15) is 4.79 Å². The number of carbonyl (C=O) groups excluding carboxylic acids is 1. The third-order valence-corrected chi connectivity index (χ3v) is 4.68. The monoisotopic (exact) mass is 287 g/mol. The molecule has 1 amide bonds. The first-order chi connectivity index (χ1) is 10.2. The molecule has 0 aromatic heterocycles. The maximum Gasteiger partial charge on any atom is 0.219 e. The molecule has 4 nitrogen and oxygen atoms in total. The number of benzene rings is 1. The third kappa shape index (κ3) is 3.38. The van der Waals surface area contributed by atoms with Crippen molar-refractivity contribution in [2.75, 3.05) is 25.0 Å². The lowest BCUT2D eigenvalue weighted by molar-refractivity contribution is -0.129. The summed E-state index contributed by atoms with van der Waals surface area (Å²) in [5, 5.41) is 7.22. The standard InChI is InChI=1S/C17H25N3O/c1-13(21)20-10-7-16(8-11-20)19-12-15-5-2-4-14-6-3-9-18-17(14)15/h2,4-5,16,18-19H,3,6-12H2,1H3. The van der Waals surface area contributed by atoms with E-state index in [2.05, 4.69) is 28.8 Å². The number of hydrogen-bond donors (Lipinski definition) is 2. The van der Waals surface area contributed by atoms with Crippen LogP contribution in [0.2, 0.25) is 0 Å². The summed E-state index contributed by atoms with van der Waals surface area (Å²) in [7, 11) is 0. The van der Waals surface area contributed by atoms with Crippen molar-refractivity contribution in [3.8, 4) is 0 Å². The molecule has 4 heteroatoms. The molecule has 0 saturated carbocycles. The fourth-order valence-corrected chi connectivity index (χ4v) is 3.38. The number of amides is 1. The van der Waals surface area contributed by atoms with Crippen LogP contribution < -0.4 is 10.6 Å². The Morgan fingerprint density at radius 3 is 2.95 bits per heavy atom. The van der Waals surface area contributed by atoms with E-state index in [-0.39, 0.29) is 5.91 Å². The van der Waals surface area contributed by atoms with Crippen LogP contribution in [-0.2, 0) is 17.8 Å². The second-order valence-electron chi connectivity index (χ2n) is 6.14. The van der Waals surface area contributed by atoms with Crippen LogP contribution in [0.4, 0.5) is 5.69 Å². The van der Waals surface area contributed by atoms with Crippen molar-refractivity contribution in [3.63, 3.8) is 0 Å². The smallest absolute Gasteiger partial charge is 0.219 e. The van der Waals surface area contributed by atoms with E-state index >= 15 is 0 Å². The van der Waals surface area contributed by atoms with Crippen LogP contribution in [0.3, 0.4) is 0 Å². The van der Waals surface area contributed by atoms with Crippen LogP contribution in [0.15, 0.2) is 18.2 Å². The summed E-state index contributed by atoms with van der Waals surface area (Å²) >= 11 is 0. The number of rotatable bonds is 3. The zero-order valence-electron chi connectivity index (χ0n) is 12.8. The third-order valence-electron chi connectivity index (χ3n) is 4.68. The van der Waals surface area contributed by atoms with Crippen LogP contribution in [-0.4, -0.2) is 36.5 Å². The van der Waals surface area contributed by atoms with Crippen molar-refractivity contribution >= 4 is 11.6 Å². The van der Waals surface area contributed by atoms with E-state index in [0.29, 0.717) is 6.04 Å². The molecular formula is C17H25N3O. The fourth-order valence-electron chi connectivity index (χ4n) is 3.38. The minimum atomic E-state index is 0.203. The Balaban J connectivity index is 1.55. The van der Waals surface area contributed by atoms with Gasteiger partial charge in [0.1, 0.15) is 0 Å². The van der Waals surface area contributed by atoms with Gasteiger partial charge in [0.05, 0.1) is 0 Å². The second-order valence-corrected chi connectivity index (χ2v) is 6.14. The molecular weight excluding hydrogens is 262 g/mol. The lowest BCUT2D eigenvalue weighted by atomic mass is 9.98. The van der Waals surface area contributed by atoms with Crippen molar-refractivity contribution in [2.45, 2.75) is 45.2 Å². The van der Waals surface area contributed by atoms with Crippen LogP contribution in [0.1, 0.15) is 37.3 Å². The molecule has 1 aromatic carbocycles. The van der Waals surface area contributed by atoms with E-state index < -0.39 is 0 Å². The van der Waals surface area contributed by atoms with Crippen LogP contribution in [0.25, 0.3) is 0 Å².